The molecule has 2 saturated carbocycles. The van der Waals surface area contributed by atoms with Crippen LogP contribution in [-0.4, -0.2) is 36.7 Å². The Hall–Kier alpha value is -1.59. The first-order valence-electron chi connectivity index (χ1n) is 6.50. The lowest BCUT2D eigenvalue weighted by atomic mass is 9.80. The summed E-state index contributed by atoms with van der Waals surface area (Å²) in [6.07, 6.45) is -0.0364. The molecule has 19 heavy (non-hydrogen) atoms. The lowest BCUT2D eigenvalue weighted by molar-refractivity contribution is -0.155. The molecule has 0 radical (unpaired) electrons. The zero-order chi connectivity index (χ0) is 13.7. The minimum absolute atomic E-state index is 0.0000463. The zero-order valence-corrected chi connectivity index (χ0v) is 10.8. The van der Waals surface area contributed by atoms with E-state index >= 15 is 0 Å². The van der Waals surface area contributed by atoms with E-state index in [9.17, 15) is 14.4 Å². The van der Waals surface area contributed by atoms with Crippen LogP contribution < -0.4 is 0 Å². The van der Waals surface area contributed by atoms with E-state index in [4.69, 9.17) is 14.2 Å². The van der Waals surface area contributed by atoms with Crippen molar-refractivity contribution in [1.82, 2.24) is 0 Å². The predicted octanol–water partition coefficient (Wildman–Crippen LogP) is 0.289. The number of cyclic esters (lactones) is 1. The van der Waals surface area contributed by atoms with Crippen LogP contribution in [0, 0.1) is 23.7 Å². The van der Waals surface area contributed by atoms with E-state index < -0.39 is 0 Å². The molecule has 6 nitrogen and oxygen atoms in total. The number of rotatable bonds is 2. The Bertz CT molecular complexity index is 444. The molecule has 3 aliphatic rings. The van der Waals surface area contributed by atoms with Gasteiger partial charge in [-0.3, -0.25) is 14.4 Å². The molecule has 1 aliphatic heterocycles. The van der Waals surface area contributed by atoms with Gasteiger partial charge in [-0.25, -0.2) is 0 Å². The van der Waals surface area contributed by atoms with E-state index in [-0.39, 0.29) is 53.8 Å². The highest BCUT2D eigenvalue weighted by molar-refractivity contribution is 5.77. The Balaban J connectivity index is 1.85. The third-order valence-electron chi connectivity index (χ3n) is 4.46. The van der Waals surface area contributed by atoms with Gasteiger partial charge in [0, 0.05) is 31.6 Å². The molecule has 6 atom stereocenters. The smallest absolute Gasteiger partial charge is 0.309 e. The van der Waals surface area contributed by atoms with Gasteiger partial charge in [-0.1, -0.05) is 0 Å². The van der Waals surface area contributed by atoms with Gasteiger partial charge < -0.3 is 14.2 Å². The summed E-state index contributed by atoms with van der Waals surface area (Å²) in [6, 6.07) is 0. The maximum Gasteiger partial charge on any atom is 0.309 e. The molecule has 3 fully saturated rings. The van der Waals surface area contributed by atoms with Gasteiger partial charge in [-0.05, 0) is 6.42 Å². The van der Waals surface area contributed by atoms with Gasteiger partial charge in [0.05, 0.1) is 12.5 Å². The molecule has 0 spiro atoms. The number of hydrogen-bond donors (Lipinski definition) is 0. The van der Waals surface area contributed by atoms with Crippen molar-refractivity contribution in [2.75, 3.05) is 6.61 Å². The van der Waals surface area contributed by atoms with Crippen LogP contribution in [0.15, 0.2) is 0 Å². The highest BCUT2D eigenvalue weighted by Crippen LogP contribution is 2.57. The van der Waals surface area contributed by atoms with Gasteiger partial charge in [-0.15, -0.1) is 0 Å². The van der Waals surface area contributed by atoms with Crippen LogP contribution >= 0.6 is 0 Å². The Morgan fingerprint density at radius 3 is 2.47 bits per heavy atom. The van der Waals surface area contributed by atoms with Crippen LogP contribution in [0.3, 0.4) is 0 Å². The fourth-order valence-corrected chi connectivity index (χ4v) is 4.02. The monoisotopic (exact) mass is 268 g/mol. The number of fused-ring (bicyclic) bond motifs is 5. The number of ether oxygens (including phenoxy) is 3. The number of hydrogen-bond acceptors (Lipinski definition) is 6. The summed E-state index contributed by atoms with van der Waals surface area (Å²) in [4.78, 5) is 34.1. The minimum atomic E-state index is -0.364. The van der Waals surface area contributed by atoms with Crippen molar-refractivity contribution < 1.29 is 28.6 Å². The molecule has 6 heteroatoms. The predicted molar refractivity (Wildman–Crippen MR) is 60.6 cm³/mol. The van der Waals surface area contributed by atoms with Crippen molar-refractivity contribution >= 4 is 17.9 Å². The Morgan fingerprint density at radius 1 is 1.16 bits per heavy atom. The molecule has 1 saturated heterocycles. The van der Waals surface area contributed by atoms with Gasteiger partial charge in [0.2, 0.25) is 0 Å². The first-order chi connectivity index (χ1) is 8.99. The second kappa shape index (κ2) is 4.21. The first-order valence-corrected chi connectivity index (χ1v) is 6.50. The topological polar surface area (TPSA) is 78.9 Å². The fraction of sp³-hybridized carbons (Fsp3) is 0.769. The summed E-state index contributed by atoms with van der Waals surface area (Å²) >= 11 is 0. The van der Waals surface area contributed by atoms with Crippen LogP contribution in [0.1, 0.15) is 20.3 Å². The lowest BCUT2D eigenvalue weighted by Gasteiger charge is -2.27. The molecule has 104 valence electrons. The molecule has 0 aromatic rings. The lowest BCUT2D eigenvalue weighted by Crippen LogP contribution is -2.35. The van der Waals surface area contributed by atoms with Crippen LogP contribution in [0.25, 0.3) is 0 Å². The highest BCUT2D eigenvalue weighted by Gasteiger charge is 2.66. The molecule has 2 aliphatic carbocycles. The fourth-order valence-electron chi connectivity index (χ4n) is 4.02. The average molecular weight is 268 g/mol. The number of carbonyl (C=O) groups is 3. The molecule has 2 bridgehead atoms. The summed E-state index contributed by atoms with van der Waals surface area (Å²) in [5.41, 5.74) is 0. The molecular weight excluding hydrogens is 252 g/mol. The third-order valence-corrected chi connectivity index (χ3v) is 4.46. The molecule has 1 heterocycles. The largest absolute Gasteiger partial charge is 0.465 e. The molecule has 0 amide bonds. The van der Waals surface area contributed by atoms with Gasteiger partial charge in [0.15, 0.2) is 0 Å². The molecule has 3 rings (SSSR count). The van der Waals surface area contributed by atoms with Gasteiger partial charge in [0.1, 0.15) is 12.2 Å². The highest BCUT2D eigenvalue weighted by atomic mass is 16.6. The summed E-state index contributed by atoms with van der Waals surface area (Å²) in [6.45, 7) is 3.05. The molecule has 0 unspecified atom stereocenters. The van der Waals surface area contributed by atoms with Crippen molar-refractivity contribution in [3.05, 3.63) is 0 Å². The Labute approximate surface area is 110 Å². The second-order valence-corrected chi connectivity index (χ2v) is 5.52. The molecule has 0 aromatic heterocycles. The van der Waals surface area contributed by atoms with Gasteiger partial charge in [-0.2, -0.15) is 0 Å². The molecule has 0 N–H and O–H groups in total. The quantitative estimate of drug-likeness (QED) is 0.529. The SMILES string of the molecule is CC(=O)O[C@H]1[C@H]2C[C@H](OC(C)=O)[C@@H]1[C@@H]1COC(=O)[C@@H]21. The van der Waals surface area contributed by atoms with Crippen LogP contribution in [0.5, 0.6) is 0 Å². The van der Waals surface area contributed by atoms with Gasteiger partial charge >= 0.3 is 17.9 Å². The number of carbonyl (C=O) groups excluding carboxylic acids is 3. The number of esters is 3. The van der Waals surface area contributed by atoms with Crippen molar-refractivity contribution in [3.8, 4) is 0 Å². The van der Waals surface area contributed by atoms with E-state index in [0.29, 0.717) is 13.0 Å². The van der Waals surface area contributed by atoms with E-state index in [0.717, 1.165) is 0 Å². The summed E-state index contributed by atoms with van der Waals surface area (Å²) < 4.78 is 15.7. The summed E-state index contributed by atoms with van der Waals surface area (Å²) in [5, 5.41) is 0. The van der Waals surface area contributed by atoms with E-state index in [1.54, 1.807) is 0 Å². The second-order valence-electron chi connectivity index (χ2n) is 5.52. The van der Waals surface area contributed by atoms with E-state index in [1.165, 1.54) is 13.8 Å². The van der Waals surface area contributed by atoms with Crippen molar-refractivity contribution in [2.24, 2.45) is 23.7 Å². The van der Waals surface area contributed by atoms with Crippen LogP contribution in [-0.2, 0) is 28.6 Å². The van der Waals surface area contributed by atoms with Crippen LogP contribution in [0.2, 0.25) is 0 Å². The summed E-state index contributed by atoms with van der Waals surface area (Å²) in [7, 11) is 0. The van der Waals surface area contributed by atoms with E-state index in [1.807, 2.05) is 0 Å². The first kappa shape index (κ1) is 12.4. The average Bonchev–Trinajstić information content (AvgIpc) is 2.89. The molecular formula is C13H16O6. The van der Waals surface area contributed by atoms with Crippen LogP contribution in [0.4, 0.5) is 0 Å². The Kier molecular flexibility index (Phi) is 2.76. The maximum absolute atomic E-state index is 11.7. The zero-order valence-electron chi connectivity index (χ0n) is 10.8. The van der Waals surface area contributed by atoms with Crippen molar-refractivity contribution in [3.63, 3.8) is 0 Å². The Morgan fingerprint density at radius 2 is 1.84 bits per heavy atom. The van der Waals surface area contributed by atoms with Gasteiger partial charge in [0.25, 0.3) is 0 Å². The minimum Gasteiger partial charge on any atom is -0.465 e. The maximum atomic E-state index is 11.7. The van der Waals surface area contributed by atoms with Crippen molar-refractivity contribution in [2.45, 2.75) is 32.5 Å². The van der Waals surface area contributed by atoms with E-state index in [2.05, 4.69) is 0 Å². The van der Waals surface area contributed by atoms with Crippen molar-refractivity contribution in [1.29, 1.82) is 0 Å². The third kappa shape index (κ3) is 1.81. The standard InChI is InChI=1S/C13H16O6/c1-5(14)18-9-3-7-10-8(4-17-13(10)16)11(9)12(7)19-6(2)15/h7-12H,3-4H2,1-2H3/t7-,8+,9-,10-,11-,12-/m0/s1. The normalized spacial score (nSPS) is 42.7. The molecule has 0 aromatic carbocycles. The summed E-state index contributed by atoms with van der Waals surface area (Å²) in [5.74, 6) is -1.33.